The van der Waals surface area contributed by atoms with Crippen LogP contribution in [0, 0.1) is 0 Å². The van der Waals surface area contributed by atoms with Crippen LogP contribution in [0.25, 0.3) is 0 Å². The lowest BCUT2D eigenvalue weighted by atomic mass is 10.5. The third kappa shape index (κ3) is 1.34. The fourth-order valence-corrected chi connectivity index (χ4v) is 0.592. The second-order valence-electron chi connectivity index (χ2n) is 1.42. The third-order valence-corrected chi connectivity index (χ3v) is 0.949. The van der Waals surface area contributed by atoms with Crippen molar-refractivity contribution in [1.29, 1.82) is 0 Å². The topological polar surface area (TPSA) is 53.3 Å². The van der Waals surface area contributed by atoms with Gasteiger partial charge < -0.3 is 5.73 Å². The number of nitrogens with one attached hydrogen (secondary N) is 2. The Balaban J connectivity index is 2.42. The first-order valence-corrected chi connectivity index (χ1v) is 2.53. The smallest absolute Gasteiger partial charge is 0.0918 e. The Morgan fingerprint density at radius 1 is 1.75 bits per heavy atom. The van der Waals surface area contributed by atoms with Gasteiger partial charge in [0, 0.05) is 18.0 Å². The van der Waals surface area contributed by atoms with E-state index in [1.165, 1.54) is 4.64 Å². The molecule has 0 saturated carbocycles. The van der Waals surface area contributed by atoms with E-state index in [2.05, 4.69) is 10.9 Å². The lowest BCUT2D eigenvalue weighted by Crippen LogP contribution is -2.51. The molecule has 8 heavy (non-hydrogen) atoms. The number of halogens is 1. The van der Waals surface area contributed by atoms with Crippen molar-refractivity contribution in [2.75, 3.05) is 0 Å². The number of nitrogens with two attached hydrogens (primary N) is 1. The minimum atomic E-state index is -0.186. The summed E-state index contributed by atoms with van der Waals surface area (Å²) in [7, 11) is 0. The Bertz CT molecular complexity index is 103. The van der Waals surface area contributed by atoms with E-state index in [1.807, 2.05) is 0 Å². The van der Waals surface area contributed by atoms with Crippen LogP contribution >= 0.6 is 11.8 Å². The average molecular weight is 135 g/mol. The summed E-state index contributed by atoms with van der Waals surface area (Å²) in [4.78, 5) is 0. The van der Waals surface area contributed by atoms with Gasteiger partial charge in [0.2, 0.25) is 0 Å². The van der Waals surface area contributed by atoms with Crippen LogP contribution in [0.4, 0.5) is 0 Å². The van der Waals surface area contributed by atoms with Gasteiger partial charge in [0.15, 0.2) is 0 Å². The maximum atomic E-state index is 5.39. The van der Waals surface area contributed by atoms with Gasteiger partial charge in [-0.1, -0.05) is 4.64 Å². The molecule has 1 rings (SSSR count). The Kier molecular flexibility index (Phi) is 1.69. The van der Waals surface area contributed by atoms with E-state index in [-0.39, 0.29) is 6.17 Å². The van der Waals surface area contributed by atoms with Crippen molar-refractivity contribution in [2.45, 2.75) is 6.17 Å². The van der Waals surface area contributed by atoms with Crippen LogP contribution < -0.4 is 16.6 Å². The van der Waals surface area contributed by atoms with Crippen LogP contribution in [0.2, 0.25) is 0 Å². The molecule has 0 radical (unpaired) electrons. The maximum Gasteiger partial charge on any atom is 0.0918 e. The fraction of sp³-hybridized carbons (Fsp3) is 0.333. The highest BCUT2D eigenvalue weighted by Gasteiger charge is 2.04. The predicted octanol–water partition coefficient (Wildman–Crippen LogP) is -0.737. The normalized spacial score (nSPS) is 30.0. The number of hydrogen-bond acceptors (Lipinski definition) is 4. The van der Waals surface area contributed by atoms with Crippen molar-refractivity contribution < 1.29 is 0 Å². The molecule has 0 aromatic rings. The Hall–Kier alpha value is -0.290. The lowest BCUT2D eigenvalue weighted by molar-refractivity contribution is 0.246. The average Bonchev–Trinajstić information content (AvgIpc) is 1.64. The van der Waals surface area contributed by atoms with Crippen molar-refractivity contribution in [1.82, 2.24) is 15.5 Å². The van der Waals surface area contributed by atoms with E-state index in [9.17, 15) is 0 Å². The Labute approximate surface area is 52.3 Å². The molecule has 1 heterocycles. The van der Waals surface area contributed by atoms with Crippen molar-refractivity contribution >= 4 is 11.8 Å². The SMILES string of the molecule is NC1C=CNN(Cl)N1. The highest BCUT2D eigenvalue weighted by atomic mass is 35.5. The van der Waals surface area contributed by atoms with Crippen LogP contribution in [-0.4, -0.2) is 10.8 Å². The van der Waals surface area contributed by atoms with E-state index in [0.29, 0.717) is 0 Å². The van der Waals surface area contributed by atoms with Crippen molar-refractivity contribution in [3.63, 3.8) is 0 Å². The molecule has 0 spiro atoms. The first kappa shape index (κ1) is 5.84. The molecule has 0 fully saturated rings. The molecule has 4 nitrogen and oxygen atoms in total. The number of nitrogens with zero attached hydrogens (tertiary/aromatic N) is 1. The molecule has 0 amide bonds. The molecule has 1 unspecified atom stereocenters. The standard InChI is InChI=1S/C3H7ClN4/c4-8-6-2-1-3(5)7-8/h1-3,6-7H,5H2. The minimum absolute atomic E-state index is 0.186. The molecule has 1 aliphatic heterocycles. The summed E-state index contributed by atoms with van der Waals surface area (Å²) in [6, 6.07) is 0. The predicted molar refractivity (Wildman–Crippen MR) is 31.1 cm³/mol. The summed E-state index contributed by atoms with van der Waals surface area (Å²) in [6.45, 7) is 0. The zero-order valence-electron chi connectivity index (χ0n) is 4.13. The lowest BCUT2D eigenvalue weighted by Gasteiger charge is -2.21. The van der Waals surface area contributed by atoms with Gasteiger partial charge in [0.05, 0.1) is 6.17 Å². The van der Waals surface area contributed by atoms with Crippen molar-refractivity contribution in [3.8, 4) is 0 Å². The molecule has 0 aromatic carbocycles. The summed E-state index contributed by atoms with van der Waals surface area (Å²) >= 11 is 5.39. The maximum absolute atomic E-state index is 5.39. The zero-order valence-corrected chi connectivity index (χ0v) is 4.89. The van der Waals surface area contributed by atoms with Crippen LogP contribution in [0.3, 0.4) is 0 Å². The van der Waals surface area contributed by atoms with Gasteiger partial charge >= 0.3 is 0 Å². The van der Waals surface area contributed by atoms with Gasteiger partial charge in [0.1, 0.15) is 0 Å². The van der Waals surface area contributed by atoms with Gasteiger partial charge in [-0.25, -0.2) is 5.43 Å². The van der Waals surface area contributed by atoms with E-state index in [4.69, 9.17) is 17.5 Å². The largest absolute Gasteiger partial charge is 0.311 e. The van der Waals surface area contributed by atoms with Crippen LogP contribution in [-0.2, 0) is 0 Å². The van der Waals surface area contributed by atoms with E-state index in [1.54, 1.807) is 12.3 Å². The first-order chi connectivity index (χ1) is 3.79. The molecule has 0 bridgehead atoms. The molecule has 4 N–H and O–H groups in total. The molecular formula is C3H7ClN4. The van der Waals surface area contributed by atoms with Gasteiger partial charge in [0.25, 0.3) is 0 Å². The Morgan fingerprint density at radius 2 is 2.50 bits per heavy atom. The monoisotopic (exact) mass is 134 g/mol. The quantitative estimate of drug-likeness (QED) is 0.382. The van der Waals surface area contributed by atoms with Crippen LogP contribution in [0.1, 0.15) is 0 Å². The zero-order chi connectivity index (χ0) is 5.98. The summed E-state index contributed by atoms with van der Waals surface area (Å²) in [5, 5.41) is 0. The second-order valence-corrected chi connectivity index (χ2v) is 1.76. The van der Waals surface area contributed by atoms with Crippen LogP contribution in [0.15, 0.2) is 12.3 Å². The molecule has 1 atom stereocenters. The summed E-state index contributed by atoms with van der Waals surface area (Å²) in [6.07, 6.45) is 3.22. The Morgan fingerprint density at radius 3 is 2.88 bits per heavy atom. The number of hydrogen-bond donors (Lipinski definition) is 3. The molecule has 46 valence electrons. The second kappa shape index (κ2) is 2.32. The van der Waals surface area contributed by atoms with E-state index in [0.717, 1.165) is 0 Å². The molecule has 0 saturated heterocycles. The summed E-state index contributed by atoms with van der Waals surface area (Å²) < 4.78 is 1.17. The highest BCUT2D eigenvalue weighted by molar-refractivity contribution is 6.12. The van der Waals surface area contributed by atoms with Gasteiger partial charge in [-0.3, -0.25) is 5.43 Å². The van der Waals surface area contributed by atoms with E-state index < -0.39 is 0 Å². The van der Waals surface area contributed by atoms with Gasteiger partial charge in [-0.15, -0.1) is 0 Å². The fourth-order valence-electron chi connectivity index (χ4n) is 0.423. The van der Waals surface area contributed by atoms with E-state index >= 15 is 0 Å². The molecule has 1 aliphatic rings. The van der Waals surface area contributed by atoms with Gasteiger partial charge in [-0.2, -0.15) is 0 Å². The van der Waals surface area contributed by atoms with Crippen molar-refractivity contribution in [2.24, 2.45) is 5.73 Å². The summed E-state index contributed by atoms with van der Waals surface area (Å²) in [5.41, 5.74) is 10.7. The van der Waals surface area contributed by atoms with Crippen LogP contribution in [0.5, 0.6) is 0 Å². The summed E-state index contributed by atoms with van der Waals surface area (Å²) in [5.74, 6) is 0. The molecular weight excluding hydrogens is 128 g/mol. The van der Waals surface area contributed by atoms with Crippen molar-refractivity contribution in [3.05, 3.63) is 12.3 Å². The third-order valence-electron chi connectivity index (χ3n) is 0.754. The number of rotatable bonds is 0. The molecule has 0 aliphatic carbocycles. The first-order valence-electron chi connectivity index (χ1n) is 2.19. The highest BCUT2D eigenvalue weighted by Crippen LogP contribution is 1.89. The minimum Gasteiger partial charge on any atom is -0.311 e. The molecule has 5 heteroatoms. The van der Waals surface area contributed by atoms with Gasteiger partial charge in [-0.05, 0) is 6.08 Å². The molecule has 0 aromatic heterocycles. The number of hydrazine groups is 2.